The first-order valence-electron chi connectivity index (χ1n) is 13.8. The van der Waals surface area contributed by atoms with Crippen LogP contribution in [-0.2, 0) is 21.9 Å². The summed E-state index contributed by atoms with van der Waals surface area (Å²) in [4.78, 5) is 13.4. The lowest BCUT2D eigenvalue weighted by molar-refractivity contribution is -0.128. The van der Waals surface area contributed by atoms with Crippen molar-refractivity contribution < 1.29 is 18.3 Å². The molecule has 1 fully saturated rings. The van der Waals surface area contributed by atoms with Crippen LogP contribution < -0.4 is 10.0 Å². The van der Waals surface area contributed by atoms with Gasteiger partial charge in [0.1, 0.15) is 0 Å². The third kappa shape index (κ3) is 5.99. The Bertz CT molecular complexity index is 1580. The van der Waals surface area contributed by atoms with Gasteiger partial charge in [-0.15, -0.1) is 0 Å². The Morgan fingerprint density at radius 2 is 1.55 bits per heavy atom. The molecule has 0 radical (unpaired) electrons. The van der Waals surface area contributed by atoms with Crippen molar-refractivity contribution in [2.24, 2.45) is 13.0 Å². The number of aromatic nitrogens is 1. The molecule has 0 unspecified atom stereocenters. The Morgan fingerprint density at radius 3 is 2.17 bits per heavy atom. The monoisotopic (exact) mass is 559 g/mol. The average Bonchev–Trinajstić information content (AvgIpc) is 3.28. The minimum absolute atomic E-state index is 0.110. The van der Waals surface area contributed by atoms with Crippen LogP contribution in [0.4, 0.5) is 0 Å². The van der Waals surface area contributed by atoms with Gasteiger partial charge in [-0.2, -0.15) is 0 Å². The van der Waals surface area contributed by atoms with Gasteiger partial charge in [0.25, 0.3) is 0 Å². The van der Waals surface area contributed by atoms with Crippen LogP contribution >= 0.6 is 0 Å². The number of nitrogens with one attached hydrogen (secondary N) is 2. The molecule has 1 atom stereocenters. The largest absolute Gasteiger partial charge is 0.388 e. The number of aryl methyl sites for hydroxylation is 1. The zero-order chi connectivity index (χ0) is 28.5. The molecule has 0 aliphatic heterocycles. The number of amides is 1. The molecule has 1 aromatic heterocycles. The van der Waals surface area contributed by atoms with Gasteiger partial charge in [0.2, 0.25) is 15.9 Å². The molecular formula is C32H37N3O4S. The second-order valence-electron chi connectivity index (χ2n) is 11.4. The van der Waals surface area contributed by atoms with E-state index >= 15 is 0 Å². The molecule has 3 aromatic carbocycles. The molecule has 8 heteroatoms. The smallest absolute Gasteiger partial charge is 0.240 e. The van der Waals surface area contributed by atoms with E-state index in [4.69, 9.17) is 0 Å². The molecule has 5 rings (SSSR count). The number of sulfonamides is 1. The molecular weight excluding hydrogens is 522 g/mol. The first kappa shape index (κ1) is 28.1. The quantitative estimate of drug-likeness (QED) is 0.272. The number of fused-ring (bicyclic) bond motifs is 1. The summed E-state index contributed by atoms with van der Waals surface area (Å²) in [6.45, 7) is 3.37. The first-order chi connectivity index (χ1) is 19.0. The lowest BCUT2D eigenvalue weighted by Crippen LogP contribution is -2.46. The van der Waals surface area contributed by atoms with Gasteiger partial charge >= 0.3 is 0 Å². The summed E-state index contributed by atoms with van der Waals surface area (Å²) in [7, 11) is -1.74. The zero-order valence-electron chi connectivity index (χ0n) is 23.2. The van der Waals surface area contributed by atoms with Gasteiger partial charge in [0.15, 0.2) is 0 Å². The van der Waals surface area contributed by atoms with E-state index in [1.165, 1.54) is 0 Å². The summed E-state index contributed by atoms with van der Waals surface area (Å²) in [6.07, 6.45) is 2.29. The van der Waals surface area contributed by atoms with Gasteiger partial charge < -0.3 is 15.0 Å². The van der Waals surface area contributed by atoms with Crippen LogP contribution in [0.1, 0.15) is 51.1 Å². The predicted octanol–water partition coefficient (Wildman–Crippen LogP) is 5.31. The van der Waals surface area contributed by atoms with Gasteiger partial charge in [0, 0.05) is 35.6 Å². The highest BCUT2D eigenvalue weighted by Gasteiger charge is 2.34. The third-order valence-electron chi connectivity index (χ3n) is 7.94. The summed E-state index contributed by atoms with van der Waals surface area (Å²) >= 11 is 0. The fourth-order valence-electron chi connectivity index (χ4n) is 5.71. The summed E-state index contributed by atoms with van der Waals surface area (Å²) in [5.41, 5.74) is 2.77. The first-order valence-corrected chi connectivity index (χ1v) is 15.3. The van der Waals surface area contributed by atoms with Crippen LogP contribution in [0.5, 0.6) is 0 Å². The molecule has 7 nitrogen and oxygen atoms in total. The molecule has 1 heterocycles. The Hall–Kier alpha value is -3.46. The second kappa shape index (κ2) is 11.2. The molecule has 0 spiro atoms. The van der Waals surface area contributed by atoms with Crippen LogP contribution in [0.2, 0.25) is 0 Å². The summed E-state index contributed by atoms with van der Waals surface area (Å²) in [5, 5.41) is 14.6. The molecule has 3 N–H and O–H groups in total. The van der Waals surface area contributed by atoms with E-state index < -0.39 is 21.7 Å². The highest BCUT2D eigenvalue weighted by Crippen LogP contribution is 2.31. The highest BCUT2D eigenvalue weighted by molar-refractivity contribution is 7.89. The molecule has 1 aliphatic carbocycles. The van der Waals surface area contributed by atoms with Crippen LogP contribution in [-0.4, -0.2) is 35.6 Å². The fraction of sp³-hybridized carbons (Fsp3) is 0.344. The lowest BCUT2D eigenvalue weighted by atomic mass is 9.84. The van der Waals surface area contributed by atoms with E-state index in [0.29, 0.717) is 25.7 Å². The van der Waals surface area contributed by atoms with Crippen LogP contribution in [0.15, 0.2) is 89.8 Å². The lowest BCUT2D eigenvalue weighted by Gasteiger charge is -2.34. The van der Waals surface area contributed by atoms with Crippen molar-refractivity contribution in [1.29, 1.82) is 0 Å². The predicted molar refractivity (Wildman–Crippen MR) is 158 cm³/mol. The van der Waals surface area contributed by atoms with Gasteiger partial charge in [-0.05, 0) is 74.9 Å². The van der Waals surface area contributed by atoms with Crippen molar-refractivity contribution in [1.82, 2.24) is 14.6 Å². The molecule has 4 aromatic rings. The minimum Gasteiger partial charge on any atom is -0.388 e. The van der Waals surface area contributed by atoms with E-state index in [-0.39, 0.29) is 22.8 Å². The number of carbonyl (C=O) groups excluding carboxylic acids is 1. The maximum absolute atomic E-state index is 13.3. The Balaban J connectivity index is 1.23. The van der Waals surface area contributed by atoms with Gasteiger partial charge in [-0.3, -0.25) is 4.79 Å². The van der Waals surface area contributed by atoms with Crippen molar-refractivity contribution in [2.75, 3.05) is 0 Å². The van der Waals surface area contributed by atoms with Crippen molar-refractivity contribution in [3.8, 4) is 11.3 Å². The average molecular weight is 560 g/mol. The summed E-state index contributed by atoms with van der Waals surface area (Å²) in [6, 6.07) is 25.9. The molecule has 1 aliphatic rings. The molecule has 1 amide bonds. The maximum atomic E-state index is 13.3. The van der Waals surface area contributed by atoms with Gasteiger partial charge in [0.05, 0.1) is 16.5 Å². The molecule has 1 saturated carbocycles. The number of hydrogen-bond donors (Lipinski definition) is 3. The summed E-state index contributed by atoms with van der Waals surface area (Å²) < 4.78 is 31.6. The van der Waals surface area contributed by atoms with E-state index in [1.54, 1.807) is 26.0 Å². The van der Waals surface area contributed by atoms with Crippen molar-refractivity contribution in [3.63, 3.8) is 0 Å². The molecule has 0 bridgehead atoms. The second-order valence-corrected chi connectivity index (χ2v) is 13.1. The van der Waals surface area contributed by atoms with E-state index in [9.17, 15) is 18.3 Å². The number of carbonyl (C=O) groups is 1. The SMILES string of the molecule is Cn1c(-c2ccccc2)cc2cc(S(=O)(=O)NC3CCC(C(=O)N[C@H](c4ccccc4)C(C)(C)O)CC3)ccc21. The number of rotatable bonds is 8. The minimum atomic E-state index is -3.72. The number of hydrogen-bond acceptors (Lipinski definition) is 4. The Kier molecular flexibility index (Phi) is 7.86. The summed E-state index contributed by atoms with van der Waals surface area (Å²) in [5.74, 6) is -0.340. The van der Waals surface area contributed by atoms with Crippen LogP contribution in [0.3, 0.4) is 0 Å². The van der Waals surface area contributed by atoms with Crippen molar-refractivity contribution >= 4 is 26.8 Å². The van der Waals surface area contributed by atoms with Gasteiger partial charge in [-0.1, -0.05) is 60.7 Å². The van der Waals surface area contributed by atoms with Crippen LogP contribution in [0.25, 0.3) is 22.2 Å². The number of aliphatic hydroxyl groups is 1. The topological polar surface area (TPSA) is 100 Å². The zero-order valence-corrected chi connectivity index (χ0v) is 24.0. The Morgan fingerprint density at radius 1 is 0.925 bits per heavy atom. The molecule has 40 heavy (non-hydrogen) atoms. The Labute approximate surface area is 236 Å². The van der Waals surface area contributed by atoms with E-state index in [2.05, 4.69) is 14.6 Å². The van der Waals surface area contributed by atoms with E-state index in [1.807, 2.05) is 79.8 Å². The molecule has 0 saturated heterocycles. The van der Waals surface area contributed by atoms with E-state index in [0.717, 1.165) is 27.7 Å². The van der Waals surface area contributed by atoms with Crippen LogP contribution in [0, 0.1) is 5.92 Å². The molecule has 210 valence electrons. The normalized spacial score (nSPS) is 18.9. The number of benzene rings is 3. The maximum Gasteiger partial charge on any atom is 0.240 e. The standard InChI is InChI=1S/C32H37N3O4S/c1-32(2,37)30(23-12-8-5-9-13-23)33-31(36)24-14-16-26(17-15-24)34-40(38,39)27-18-19-28-25(20-27)21-29(35(28)3)22-10-6-4-7-11-22/h4-13,18-21,24,26,30,34,37H,14-17H2,1-3H3,(H,33,36)/t24?,26?,30-/m1/s1. The van der Waals surface area contributed by atoms with Crippen molar-refractivity contribution in [3.05, 3.63) is 90.5 Å². The fourth-order valence-corrected chi connectivity index (χ4v) is 7.05. The third-order valence-corrected chi connectivity index (χ3v) is 9.46. The highest BCUT2D eigenvalue weighted by atomic mass is 32.2. The van der Waals surface area contributed by atoms with Crippen molar-refractivity contribution in [2.45, 2.75) is 62.1 Å². The number of nitrogens with zero attached hydrogens (tertiary/aromatic N) is 1. The van der Waals surface area contributed by atoms with Gasteiger partial charge in [-0.25, -0.2) is 13.1 Å².